The maximum absolute atomic E-state index is 11.8. The minimum atomic E-state index is -0.409. The van der Waals surface area contributed by atoms with Crippen molar-refractivity contribution in [1.82, 2.24) is 0 Å². The molecule has 4 heteroatoms. The molecule has 1 amide bonds. The van der Waals surface area contributed by atoms with Crippen LogP contribution < -0.4 is 14.8 Å². The molecule has 1 heterocycles. The molecule has 0 fully saturated rings. The van der Waals surface area contributed by atoms with Crippen LogP contribution in [0.3, 0.4) is 0 Å². The van der Waals surface area contributed by atoms with Crippen LogP contribution >= 0.6 is 0 Å². The van der Waals surface area contributed by atoms with Crippen LogP contribution in [0.25, 0.3) is 0 Å². The predicted octanol–water partition coefficient (Wildman–Crippen LogP) is 2.44. The minimum absolute atomic E-state index is 0.0193. The standard InChI is InChI=1S/C13H17NO3/c1-13(2,3)12(15)14-9-4-5-10-11(8-9)17-7-6-16-10/h4-5,8H,6-7H2,1-3H3,(H,14,15). The summed E-state index contributed by atoms with van der Waals surface area (Å²) in [6.07, 6.45) is 0. The lowest BCUT2D eigenvalue weighted by atomic mass is 9.95. The van der Waals surface area contributed by atoms with Crippen LogP contribution in [0.2, 0.25) is 0 Å². The van der Waals surface area contributed by atoms with Gasteiger partial charge in [-0.3, -0.25) is 4.79 Å². The molecule has 1 aliphatic heterocycles. The summed E-state index contributed by atoms with van der Waals surface area (Å²) in [7, 11) is 0. The Kier molecular flexibility index (Phi) is 2.96. The van der Waals surface area contributed by atoms with Crippen molar-refractivity contribution < 1.29 is 14.3 Å². The first-order valence-corrected chi connectivity index (χ1v) is 5.68. The lowest BCUT2D eigenvalue weighted by molar-refractivity contribution is -0.123. The van der Waals surface area contributed by atoms with E-state index in [1.165, 1.54) is 0 Å². The highest BCUT2D eigenvalue weighted by Gasteiger charge is 2.21. The van der Waals surface area contributed by atoms with Crippen molar-refractivity contribution in [1.29, 1.82) is 0 Å². The van der Waals surface area contributed by atoms with Crippen LogP contribution in [0.15, 0.2) is 18.2 Å². The second-order valence-corrected chi connectivity index (χ2v) is 5.06. The van der Waals surface area contributed by atoms with Crippen molar-refractivity contribution in [3.8, 4) is 11.5 Å². The first-order valence-electron chi connectivity index (χ1n) is 5.68. The van der Waals surface area contributed by atoms with E-state index >= 15 is 0 Å². The Labute approximate surface area is 101 Å². The minimum Gasteiger partial charge on any atom is -0.486 e. The Morgan fingerprint density at radius 2 is 1.82 bits per heavy atom. The number of benzene rings is 1. The third-order valence-corrected chi connectivity index (χ3v) is 2.48. The molecule has 1 aliphatic rings. The Morgan fingerprint density at radius 1 is 1.18 bits per heavy atom. The molecule has 1 aromatic carbocycles. The highest BCUT2D eigenvalue weighted by atomic mass is 16.6. The van der Waals surface area contributed by atoms with E-state index in [4.69, 9.17) is 9.47 Å². The van der Waals surface area contributed by atoms with Crippen LogP contribution in [0.5, 0.6) is 11.5 Å². The van der Waals surface area contributed by atoms with E-state index in [1.54, 1.807) is 6.07 Å². The predicted molar refractivity (Wildman–Crippen MR) is 65.5 cm³/mol. The van der Waals surface area contributed by atoms with E-state index in [-0.39, 0.29) is 5.91 Å². The number of carbonyl (C=O) groups excluding carboxylic acids is 1. The summed E-state index contributed by atoms with van der Waals surface area (Å²) < 4.78 is 10.9. The molecule has 0 bridgehead atoms. The van der Waals surface area contributed by atoms with Crippen molar-refractivity contribution in [3.05, 3.63) is 18.2 Å². The van der Waals surface area contributed by atoms with Gasteiger partial charge in [-0.25, -0.2) is 0 Å². The maximum atomic E-state index is 11.8. The van der Waals surface area contributed by atoms with Crippen LogP contribution in [-0.4, -0.2) is 19.1 Å². The van der Waals surface area contributed by atoms with Gasteiger partial charge in [0.05, 0.1) is 0 Å². The Hall–Kier alpha value is -1.71. The highest BCUT2D eigenvalue weighted by Crippen LogP contribution is 2.33. The number of rotatable bonds is 1. The van der Waals surface area contributed by atoms with Crippen molar-refractivity contribution in [2.75, 3.05) is 18.5 Å². The molecule has 1 aromatic rings. The number of hydrogen-bond donors (Lipinski definition) is 1. The molecule has 1 N–H and O–H groups in total. The molecule has 0 radical (unpaired) electrons. The quantitative estimate of drug-likeness (QED) is 0.813. The molecule has 0 saturated heterocycles. The Morgan fingerprint density at radius 3 is 2.47 bits per heavy atom. The third kappa shape index (κ3) is 2.70. The Bertz CT molecular complexity index is 435. The van der Waals surface area contributed by atoms with Crippen molar-refractivity contribution in [2.24, 2.45) is 5.41 Å². The largest absolute Gasteiger partial charge is 0.486 e. The summed E-state index contributed by atoms with van der Waals surface area (Å²) in [6.45, 7) is 6.74. The first-order chi connectivity index (χ1) is 7.97. The molecule has 0 aromatic heterocycles. The number of hydrogen-bond acceptors (Lipinski definition) is 3. The lowest BCUT2D eigenvalue weighted by Gasteiger charge is -2.21. The number of fused-ring (bicyclic) bond motifs is 1. The molecule has 0 unspecified atom stereocenters. The van der Waals surface area contributed by atoms with Crippen molar-refractivity contribution in [3.63, 3.8) is 0 Å². The van der Waals surface area contributed by atoms with Crippen molar-refractivity contribution in [2.45, 2.75) is 20.8 Å². The van der Waals surface area contributed by atoms with Crippen LogP contribution in [0.4, 0.5) is 5.69 Å². The second-order valence-electron chi connectivity index (χ2n) is 5.06. The summed E-state index contributed by atoms with van der Waals surface area (Å²) >= 11 is 0. The smallest absolute Gasteiger partial charge is 0.229 e. The fourth-order valence-corrected chi connectivity index (χ4v) is 1.44. The maximum Gasteiger partial charge on any atom is 0.229 e. The lowest BCUT2D eigenvalue weighted by Crippen LogP contribution is -2.27. The molecular weight excluding hydrogens is 218 g/mol. The molecule has 0 aliphatic carbocycles. The second kappa shape index (κ2) is 4.28. The van der Waals surface area contributed by atoms with Gasteiger partial charge in [0.2, 0.25) is 5.91 Å². The summed E-state index contributed by atoms with van der Waals surface area (Å²) in [6, 6.07) is 5.42. The van der Waals surface area contributed by atoms with Crippen molar-refractivity contribution >= 4 is 11.6 Å². The van der Waals surface area contributed by atoms with Gasteiger partial charge in [0.25, 0.3) is 0 Å². The fraction of sp³-hybridized carbons (Fsp3) is 0.462. The van der Waals surface area contributed by atoms with Gasteiger partial charge in [-0.05, 0) is 12.1 Å². The van der Waals surface area contributed by atoms with Crippen LogP contribution in [-0.2, 0) is 4.79 Å². The average Bonchev–Trinajstić information content (AvgIpc) is 2.27. The number of carbonyl (C=O) groups is 1. The number of amides is 1. The zero-order chi connectivity index (χ0) is 12.5. The molecular formula is C13H17NO3. The summed E-state index contributed by atoms with van der Waals surface area (Å²) in [5.74, 6) is 1.39. The first kappa shape index (κ1) is 11.8. The summed E-state index contributed by atoms with van der Waals surface area (Å²) in [5, 5.41) is 2.86. The molecule has 0 spiro atoms. The van der Waals surface area contributed by atoms with Gasteiger partial charge >= 0.3 is 0 Å². The third-order valence-electron chi connectivity index (χ3n) is 2.48. The number of ether oxygens (including phenoxy) is 2. The zero-order valence-corrected chi connectivity index (χ0v) is 10.4. The van der Waals surface area contributed by atoms with Gasteiger partial charge in [-0.2, -0.15) is 0 Å². The van der Waals surface area contributed by atoms with Gasteiger partial charge in [0.15, 0.2) is 11.5 Å². The number of anilines is 1. The Balaban J connectivity index is 2.15. The average molecular weight is 235 g/mol. The van der Waals surface area contributed by atoms with Gasteiger partial charge in [0, 0.05) is 17.2 Å². The fourth-order valence-electron chi connectivity index (χ4n) is 1.44. The van der Waals surface area contributed by atoms with E-state index in [1.807, 2.05) is 32.9 Å². The molecule has 0 atom stereocenters. The topological polar surface area (TPSA) is 47.6 Å². The monoisotopic (exact) mass is 235 g/mol. The van der Waals surface area contributed by atoms with E-state index in [9.17, 15) is 4.79 Å². The zero-order valence-electron chi connectivity index (χ0n) is 10.4. The molecule has 4 nitrogen and oxygen atoms in total. The summed E-state index contributed by atoms with van der Waals surface area (Å²) in [4.78, 5) is 11.8. The van der Waals surface area contributed by atoms with E-state index < -0.39 is 5.41 Å². The molecule has 0 saturated carbocycles. The highest BCUT2D eigenvalue weighted by molar-refractivity contribution is 5.94. The van der Waals surface area contributed by atoms with Gasteiger partial charge < -0.3 is 14.8 Å². The van der Waals surface area contributed by atoms with E-state index in [0.29, 0.717) is 19.0 Å². The molecule has 92 valence electrons. The van der Waals surface area contributed by atoms with Gasteiger partial charge in [0.1, 0.15) is 13.2 Å². The van der Waals surface area contributed by atoms with Gasteiger partial charge in [-0.1, -0.05) is 20.8 Å². The number of nitrogens with one attached hydrogen (secondary N) is 1. The summed E-state index contributed by atoms with van der Waals surface area (Å²) in [5.41, 5.74) is 0.321. The van der Waals surface area contributed by atoms with Crippen LogP contribution in [0.1, 0.15) is 20.8 Å². The van der Waals surface area contributed by atoms with E-state index in [0.717, 1.165) is 11.4 Å². The SMILES string of the molecule is CC(C)(C)C(=O)Nc1ccc2c(c1)OCCO2. The van der Waals surface area contributed by atoms with E-state index in [2.05, 4.69) is 5.32 Å². The van der Waals surface area contributed by atoms with Crippen LogP contribution in [0, 0.1) is 5.41 Å². The molecule has 2 rings (SSSR count). The van der Waals surface area contributed by atoms with Gasteiger partial charge in [-0.15, -0.1) is 0 Å². The molecule has 17 heavy (non-hydrogen) atoms. The normalized spacial score (nSPS) is 14.3.